The molecule has 1 saturated heterocycles. The summed E-state index contributed by atoms with van der Waals surface area (Å²) >= 11 is 0. The average Bonchev–Trinajstić information content (AvgIpc) is 3.14. The van der Waals surface area contributed by atoms with Crippen LogP contribution in [0, 0.1) is 17.0 Å². The quantitative estimate of drug-likeness (QED) is 0.572. The van der Waals surface area contributed by atoms with Crippen molar-refractivity contribution in [2.45, 2.75) is 24.7 Å². The van der Waals surface area contributed by atoms with E-state index in [1.807, 2.05) is 6.92 Å². The normalized spacial score (nSPS) is 14.4. The Kier molecular flexibility index (Phi) is 5.00. The van der Waals surface area contributed by atoms with Crippen LogP contribution in [0.4, 0.5) is 17.3 Å². The largest absolute Gasteiger partial charge is 0.354 e. The highest BCUT2D eigenvalue weighted by atomic mass is 32.2. The highest BCUT2D eigenvalue weighted by Gasteiger charge is 2.29. The van der Waals surface area contributed by atoms with E-state index in [9.17, 15) is 18.5 Å². The first-order chi connectivity index (χ1) is 12.4. The fourth-order valence-corrected chi connectivity index (χ4v) is 3.52. The van der Waals surface area contributed by atoms with Gasteiger partial charge in [-0.1, -0.05) is 17.7 Å². The van der Waals surface area contributed by atoms with Crippen LogP contribution >= 0.6 is 0 Å². The van der Waals surface area contributed by atoms with Gasteiger partial charge in [-0.15, -0.1) is 4.83 Å². The molecule has 1 aromatic heterocycles. The first-order valence-electron chi connectivity index (χ1n) is 7.97. The molecule has 138 valence electrons. The molecule has 2 heterocycles. The summed E-state index contributed by atoms with van der Waals surface area (Å²) in [5.41, 5.74) is 2.91. The Labute approximate surface area is 150 Å². The summed E-state index contributed by atoms with van der Waals surface area (Å²) in [6.45, 7) is 3.16. The number of nitro groups is 1. The predicted octanol–water partition coefficient (Wildman–Crippen LogP) is 1.60. The molecule has 0 radical (unpaired) electrons. The number of nitrogens with one attached hydrogen (secondary N) is 2. The third-order valence-electron chi connectivity index (χ3n) is 4.03. The molecule has 0 saturated carbocycles. The summed E-state index contributed by atoms with van der Waals surface area (Å²) in [4.78, 5) is 22.7. The van der Waals surface area contributed by atoms with Crippen LogP contribution in [0.15, 0.2) is 35.5 Å². The van der Waals surface area contributed by atoms with E-state index < -0.39 is 14.9 Å². The summed E-state index contributed by atoms with van der Waals surface area (Å²) in [6, 6.07) is 6.22. The second-order valence-corrected chi connectivity index (χ2v) is 7.57. The molecular weight excluding hydrogens is 360 g/mol. The van der Waals surface area contributed by atoms with Crippen LogP contribution in [0.1, 0.15) is 18.4 Å². The van der Waals surface area contributed by atoms with Crippen LogP contribution < -0.4 is 15.2 Å². The van der Waals surface area contributed by atoms with Crippen LogP contribution in [0.25, 0.3) is 0 Å². The number of anilines is 2. The number of aryl methyl sites for hydroxylation is 1. The van der Waals surface area contributed by atoms with Crippen molar-refractivity contribution in [2.75, 3.05) is 23.4 Å². The molecule has 0 spiro atoms. The molecular formula is C15H18N6O4S. The maximum absolute atomic E-state index is 12.3. The third kappa shape index (κ3) is 3.73. The van der Waals surface area contributed by atoms with Gasteiger partial charge in [-0.2, -0.15) is 0 Å². The summed E-state index contributed by atoms with van der Waals surface area (Å²) < 4.78 is 24.7. The molecule has 11 heteroatoms. The lowest BCUT2D eigenvalue weighted by Crippen LogP contribution is -2.31. The fraction of sp³-hybridized carbons (Fsp3) is 0.333. The minimum atomic E-state index is -3.91. The number of benzene rings is 1. The maximum atomic E-state index is 12.3. The van der Waals surface area contributed by atoms with Crippen molar-refractivity contribution in [2.24, 2.45) is 0 Å². The van der Waals surface area contributed by atoms with Gasteiger partial charge in [0.05, 0.1) is 9.82 Å². The van der Waals surface area contributed by atoms with E-state index in [4.69, 9.17) is 0 Å². The van der Waals surface area contributed by atoms with Crippen LogP contribution in [0.3, 0.4) is 0 Å². The van der Waals surface area contributed by atoms with E-state index in [0.717, 1.165) is 18.4 Å². The highest BCUT2D eigenvalue weighted by molar-refractivity contribution is 7.89. The molecule has 2 N–H and O–H groups in total. The van der Waals surface area contributed by atoms with Crippen LogP contribution in [0.2, 0.25) is 0 Å². The van der Waals surface area contributed by atoms with E-state index in [0.29, 0.717) is 13.1 Å². The zero-order valence-electron chi connectivity index (χ0n) is 14.0. The highest BCUT2D eigenvalue weighted by Crippen LogP contribution is 2.33. The lowest BCUT2D eigenvalue weighted by molar-refractivity contribution is -0.383. The monoisotopic (exact) mass is 378 g/mol. The zero-order chi connectivity index (χ0) is 18.7. The van der Waals surface area contributed by atoms with Crippen LogP contribution in [-0.4, -0.2) is 36.4 Å². The van der Waals surface area contributed by atoms with E-state index in [2.05, 4.69) is 20.2 Å². The molecule has 0 bridgehead atoms. The number of nitrogens with zero attached hydrogens (tertiary/aromatic N) is 4. The first-order valence-corrected chi connectivity index (χ1v) is 9.45. The molecule has 3 rings (SSSR count). The van der Waals surface area contributed by atoms with Gasteiger partial charge in [0.2, 0.25) is 11.6 Å². The molecule has 1 fully saturated rings. The van der Waals surface area contributed by atoms with E-state index in [1.54, 1.807) is 17.0 Å². The Morgan fingerprint density at radius 3 is 2.42 bits per heavy atom. The standard InChI is InChI=1S/C15H18N6O4S/c1-11-4-6-12(7-5-11)26(24,25)19-18-14-13(21(22)23)15(17-10-16-14)20-8-2-3-9-20/h4-7,10,19H,2-3,8-9H2,1H3,(H,16,17,18). The Hall–Kier alpha value is -2.79. The Morgan fingerprint density at radius 2 is 1.81 bits per heavy atom. The lowest BCUT2D eigenvalue weighted by atomic mass is 10.2. The molecule has 1 aromatic carbocycles. The van der Waals surface area contributed by atoms with Gasteiger partial charge < -0.3 is 4.90 Å². The van der Waals surface area contributed by atoms with Gasteiger partial charge >= 0.3 is 5.69 Å². The number of hydrazine groups is 1. The number of sulfonamides is 1. The molecule has 0 unspecified atom stereocenters. The zero-order valence-corrected chi connectivity index (χ0v) is 14.9. The summed E-state index contributed by atoms with van der Waals surface area (Å²) in [5.74, 6) is -0.0258. The van der Waals surface area contributed by atoms with Crippen molar-refractivity contribution < 1.29 is 13.3 Å². The summed E-state index contributed by atoms with van der Waals surface area (Å²) in [7, 11) is -3.91. The smallest absolute Gasteiger partial charge is 0.351 e. The molecule has 1 aliphatic rings. The molecule has 2 aromatic rings. The molecule has 0 amide bonds. The van der Waals surface area contributed by atoms with Crippen LogP contribution in [-0.2, 0) is 10.0 Å². The van der Waals surface area contributed by atoms with Gasteiger partial charge in [0, 0.05) is 13.1 Å². The Balaban J connectivity index is 1.86. The van der Waals surface area contributed by atoms with Gasteiger partial charge in [0.15, 0.2) is 0 Å². The predicted molar refractivity (Wildman–Crippen MR) is 95.3 cm³/mol. The van der Waals surface area contributed by atoms with Crippen molar-refractivity contribution >= 4 is 27.3 Å². The van der Waals surface area contributed by atoms with Gasteiger partial charge in [0.1, 0.15) is 6.33 Å². The van der Waals surface area contributed by atoms with Crippen molar-refractivity contribution in [3.8, 4) is 0 Å². The van der Waals surface area contributed by atoms with Gasteiger partial charge in [-0.05, 0) is 31.9 Å². The summed E-state index contributed by atoms with van der Waals surface area (Å²) in [5, 5.41) is 11.5. The van der Waals surface area contributed by atoms with E-state index in [1.165, 1.54) is 18.5 Å². The average molecular weight is 378 g/mol. The molecule has 10 nitrogen and oxygen atoms in total. The van der Waals surface area contributed by atoms with Crippen molar-refractivity contribution in [3.63, 3.8) is 0 Å². The Bertz CT molecular complexity index is 910. The number of hydrogen-bond donors (Lipinski definition) is 2. The minimum Gasteiger partial charge on any atom is -0.351 e. The fourth-order valence-electron chi connectivity index (χ4n) is 2.68. The van der Waals surface area contributed by atoms with Gasteiger partial charge in [-0.25, -0.2) is 18.4 Å². The number of aromatic nitrogens is 2. The lowest BCUT2D eigenvalue weighted by Gasteiger charge is -2.17. The molecule has 26 heavy (non-hydrogen) atoms. The van der Waals surface area contributed by atoms with Crippen LogP contribution in [0.5, 0.6) is 0 Å². The molecule has 1 aliphatic heterocycles. The number of rotatable bonds is 6. The maximum Gasteiger partial charge on any atom is 0.354 e. The number of hydrogen-bond acceptors (Lipinski definition) is 8. The topological polar surface area (TPSA) is 130 Å². The molecule has 0 atom stereocenters. The second-order valence-electron chi connectivity index (χ2n) is 5.89. The Morgan fingerprint density at radius 1 is 1.15 bits per heavy atom. The van der Waals surface area contributed by atoms with E-state index >= 15 is 0 Å². The minimum absolute atomic E-state index is 0.0343. The second kappa shape index (κ2) is 7.22. The van der Waals surface area contributed by atoms with Gasteiger partial charge in [-0.3, -0.25) is 15.5 Å². The summed E-state index contributed by atoms with van der Waals surface area (Å²) in [6.07, 6.45) is 3.01. The third-order valence-corrected chi connectivity index (χ3v) is 5.29. The molecule has 0 aliphatic carbocycles. The van der Waals surface area contributed by atoms with Crippen molar-refractivity contribution in [1.82, 2.24) is 14.8 Å². The SMILES string of the molecule is Cc1ccc(S(=O)(=O)NNc2ncnc(N3CCCC3)c2[N+](=O)[O-])cc1. The van der Waals surface area contributed by atoms with Crippen molar-refractivity contribution in [1.29, 1.82) is 0 Å². The van der Waals surface area contributed by atoms with Gasteiger partial charge in [0.25, 0.3) is 10.0 Å². The van der Waals surface area contributed by atoms with E-state index in [-0.39, 0.29) is 22.2 Å². The van der Waals surface area contributed by atoms with Crippen molar-refractivity contribution in [3.05, 3.63) is 46.3 Å². The first kappa shape index (κ1) is 18.0.